The third-order valence-electron chi connectivity index (χ3n) is 3.38. The monoisotopic (exact) mass is 179 g/mol. The van der Waals surface area contributed by atoms with Gasteiger partial charge in [-0.05, 0) is 17.8 Å². The first kappa shape index (κ1) is 8.48. The Hall–Kier alpha value is -1.12. The summed E-state index contributed by atoms with van der Waals surface area (Å²) in [4.78, 5) is 23.2. The molecule has 4 atom stereocenters. The number of fused-ring (bicyclic) bond motifs is 1. The Balaban J connectivity index is 2.06. The zero-order valence-electron chi connectivity index (χ0n) is 7.81. The van der Waals surface area contributed by atoms with Gasteiger partial charge in [0.25, 0.3) is 0 Å². The summed E-state index contributed by atoms with van der Waals surface area (Å²) in [5.41, 5.74) is 0. The van der Waals surface area contributed by atoms with Crippen LogP contribution in [0, 0.1) is 23.7 Å². The second kappa shape index (κ2) is 2.69. The first-order valence-corrected chi connectivity index (χ1v) is 4.57. The van der Waals surface area contributed by atoms with Crippen LogP contribution >= 0.6 is 0 Å². The van der Waals surface area contributed by atoms with Crippen molar-refractivity contribution in [2.24, 2.45) is 23.7 Å². The molecule has 4 unspecified atom stereocenters. The number of amides is 2. The van der Waals surface area contributed by atoms with Gasteiger partial charge in [0.2, 0.25) is 12.3 Å². The molecule has 0 aliphatic heterocycles. The van der Waals surface area contributed by atoms with Gasteiger partial charge in [0.05, 0.1) is 0 Å². The van der Waals surface area contributed by atoms with Crippen LogP contribution in [0.2, 0.25) is 0 Å². The molecular formula is C10H13NO2. The van der Waals surface area contributed by atoms with Crippen molar-refractivity contribution in [1.29, 1.82) is 0 Å². The number of nitrogens with zero attached hydrogens (tertiary/aromatic N) is 1. The van der Waals surface area contributed by atoms with Crippen molar-refractivity contribution in [2.45, 2.75) is 6.92 Å². The van der Waals surface area contributed by atoms with Crippen molar-refractivity contribution < 1.29 is 9.59 Å². The number of allylic oxidation sites excluding steroid dienone is 2. The van der Waals surface area contributed by atoms with Crippen LogP contribution in [0.15, 0.2) is 12.2 Å². The minimum atomic E-state index is -0.0342. The summed E-state index contributed by atoms with van der Waals surface area (Å²) in [5.74, 6) is 1.42. The lowest BCUT2D eigenvalue weighted by Crippen LogP contribution is -2.54. The lowest BCUT2D eigenvalue weighted by molar-refractivity contribution is -0.149. The van der Waals surface area contributed by atoms with Crippen molar-refractivity contribution in [3.8, 4) is 0 Å². The first-order chi connectivity index (χ1) is 6.16. The fourth-order valence-corrected chi connectivity index (χ4v) is 2.37. The molecule has 13 heavy (non-hydrogen) atoms. The van der Waals surface area contributed by atoms with Gasteiger partial charge < -0.3 is 0 Å². The Morgan fingerprint density at radius 2 is 2.00 bits per heavy atom. The Morgan fingerprint density at radius 3 is 2.38 bits per heavy atom. The van der Waals surface area contributed by atoms with Crippen LogP contribution < -0.4 is 0 Å². The number of hydrogen-bond donors (Lipinski definition) is 0. The van der Waals surface area contributed by atoms with Gasteiger partial charge in [0.1, 0.15) is 0 Å². The molecule has 0 saturated heterocycles. The Morgan fingerprint density at radius 1 is 1.38 bits per heavy atom. The molecular weight excluding hydrogens is 166 g/mol. The fourth-order valence-electron chi connectivity index (χ4n) is 2.37. The van der Waals surface area contributed by atoms with E-state index in [1.165, 1.54) is 7.05 Å². The van der Waals surface area contributed by atoms with Crippen LogP contribution in [0.4, 0.5) is 0 Å². The summed E-state index contributed by atoms with van der Waals surface area (Å²) in [7, 11) is 1.53. The van der Waals surface area contributed by atoms with Crippen LogP contribution in [0.1, 0.15) is 6.92 Å². The standard InChI is InChI=1S/C10H13NO2/c1-6-7-3-4-8(7)9(6)10(13)11(2)5-12/h3-9H,1-2H3. The lowest BCUT2D eigenvalue weighted by atomic mass is 9.51. The highest BCUT2D eigenvalue weighted by Crippen LogP contribution is 2.53. The summed E-state index contributed by atoms with van der Waals surface area (Å²) in [6.07, 6.45) is 4.82. The van der Waals surface area contributed by atoms with Gasteiger partial charge in [-0.3, -0.25) is 14.5 Å². The van der Waals surface area contributed by atoms with Gasteiger partial charge in [-0.25, -0.2) is 0 Å². The molecule has 2 rings (SSSR count). The third kappa shape index (κ3) is 0.961. The van der Waals surface area contributed by atoms with E-state index in [0.29, 0.717) is 24.2 Å². The first-order valence-electron chi connectivity index (χ1n) is 4.57. The molecule has 0 spiro atoms. The molecule has 3 heteroatoms. The molecule has 2 aliphatic carbocycles. The minimum Gasteiger partial charge on any atom is -0.288 e. The maximum atomic E-state index is 11.6. The molecule has 0 N–H and O–H groups in total. The quantitative estimate of drug-likeness (QED) is 0.461. The predicted octanol–water partition coefficient (Wildman–Crippen LogP) is 0.669. The number of hydrogen-bond acceptors (Lipinski definition) is 2. The second-order valence-corrected chi connectivity index (χ2v) is 3.98. The normalized spacial score (nSPS) is 39.8. The van der Waals surface area contributed by atoms with E-state index in [9.17, 15) is 9.59 Å². The molecule has 0 aromatic heterocycles. The van der Waals surface area contributed by atoms with Crippen molar-refractivity contribution in [3.05, 3.63) is 12.2 Å². The molecule has 1 saturated carbocycles. The van der Waals surface area contributed by atoms with Crippen molar-refractivity contribution in [3.63, 3.8) is 0 Å². The number of imide groups is 1. The molecule has 0 bridgehead atoms. The van der Waals surface area contributed by atoms with Gasteiger partial charge in [0.15, 0.2) is 0 Å². The average molecular weight is 179 g/mol. The van der Waals surface area contributed by atoms with E-state index in [-0.39, 0.29) is 11.8 Å². The van der Waals surface area contributed by atoms with Crippen LogP contribution in [0.5, 0.6) is 0 Å². The average Bonchev–Trinajstić information content (AvgIpc) is 2.09. The highest BCUT2D eigenvalue weighted by molar-refractivity contribution is 5.89. The van der Waals surface area contributed by atoms with E-state index in [2.05, 4.69) is 19.1 Å². The third-order valence-corrected chi connectivity index (χ3v) is 3.38. The van der Waals surface area contributed by atoms with Gasteiger partial charge >= 0.3 is 0 Å². The molecule has 2 aliphatic rings. The second-order valence-electron chi connectivity index (χ2n) is 3.98. The predicted molar refractivity (Wildman–Crippen MR) is 47.6 cm³/mol. The van der Waals surface area contributed by atoms with Gasteiger partial charge in [-0.2, -0.15) is 0 Å². The van der Waals surface area contributed by atoms with E-state index < -0.39 is 0 Å². The Kier molecular flexibility index (Phi) is 1.75. The molecule has 3 nitrogen and oxygen atoms in total. The van der Waals surface area contributed by atoms with E-state index in [1.54, 1.807) is 0 Å². The van der Waals surface area contributed by atoms with E-state index in [4.69, 9.17) is 0 Å². The molecule has 0 aromatic carbocycles. The van der Waals surface area contributed by atoms with E-state index >= 15 is 0 Å². The number of rotatable bonds is 2. The van der Waals surface area contributed by atoms with Crippen LogP contribution in [0.25, 0.3) is 0 Å². The Labute approximate surface area is 77.4 Å². The van der Waals surface area contributed by atoms with Crippen LogP contribution in [-0.4, -0.2) is 24.3 Å². The maximum Gasteiger partial charge on any atom is 0.232 e. The zero-order chi connectivity index (χ0) is 9.59. The molecule has 0 radical (unpaired) electrons. The van der Waals surface area contributed by atoms with Crippen LogP contribution in [-0.2, 0) is 9.59 Å². The molecule has 0 aromatic rings. The Bertz CT molecular complexity index is 285. The summed E-state index contributed by atoms with van der Waals surface area (Å²) in [6.45, 7) is 2.08. The van der Waals surface area contributed by atoms with Gasteiger partial charge in [0, 0.05) is 13.0 Å². The topological polar surface area (TPSA) is 37.4 Å². The summed E-state index contributed by atoms with van der Waals surface area (Å²) < 4.78 is 0. The van der Waals surface area contributed by atoms with Gasteiger partial charge in [-0.15, -0.1) is 0 Å². The van der Waals surface area contributed by atoms with E-state index in [0.717, 1.165) is 4.90 Å². The smallest absolute Gasteiger partial charge is 0.232 e. The van der Waals surface area contributed by atoms with Crippen molar-refractivity contribution in [2.75, 3.05) is 7.05 Å². The highest BCUT2D eigenvalue weighted by atomic mass is 16.2. The SMILES string of the molecule is CC1C2C=CC2C1C(=O)N(C)C=O. The van der Waals surface area contributed by atoms with Crippen molar-refractivity contribution in [1.82, 2.24) is 4.90 Å². The lowest BCUT2D eigenvalue weighted by Gasteiger charge is -2.52. The molecule has 0 heterocycles. The molecule has 1 fully saturated rings. The fraction of sp³-hybridized carbons (Fsp3) is 0.600. The summed E-state index contributed by atoms with van der Waals surface area (Å²) in [5, 5.41) is 0. The van der Waals surface area contributed by atoms with E-state index in [1.807, 2.05) is 0 Å². The van der Waals surface area contributed by atoms with Crippen molar-refractivity contribution >= 4 is 12.3 Å². The number of carbonyl (C=O) groups is 2. The highest BCUT2D eigenvalue weighted by Gasteiger charge is 2.53. The molecule has 70 valence electrons. The summed E-state index contributed by atoms with van der Waals surface area (Å²) in [6, 6.07) is 0. The minimum absolute atomic E-state index is 0.0342. The number of carbonyl (C=O) groups excluding carboxylic acids is 2. The van der Waals surface area contributed by atoms with Gasteiger partial charge in [-0.1, -0.05) is 19.1 Å². The van der Waals surface area contributed by atoms with Crippen LogP contribution in [0.3, 0.4) is 0 Å². The maximum absolute atomic E-state index is 11.6. The molecule has 2 amide bonds. The zero-order valence-corrected chi connectivity index (χ0v) is 7.81. The summed E-state index contributed by atoms with van der Waals surface area (Å²) >= 11 is 0. The largest absolute Gasteiger partial charge is 0.288 e.